The molecule has 0 saturated heterocycles. The smallest absolute Gasteiger partial charge is 0.361 e. The molecule has 9 heteroatoms. The van der Waals surface area contributed by atoms with Crippen LogP contribution >= 0.6 is 0 Å². The van der Waals surface area contributed by atoms with Crippen molar-refractivity contribution in [2.75, 3.05) is 10.2 Å². The zero-order valence-electron chi connectivity index (χ0n) is 19.5. The molecule has 6 nitrogen and oxygen atoms in total. The molecule has 1 N–H and O–H groups in total. The third-order valence-corrected chi connectivity index (χ3v) is 6.03. The fourth-order valence-electron chi connectivity index (χ4n) is 4.11. The third kappa shape index (κ3) is 4.71. The van der Waals surface area contributed by atoms with Crippen molar-refractivity contribution in [2.24, 2.45) is 0 Å². The number of hydrogen-bond acceptors (Lipinski definition) is 6. The lowest BCUT2D eigenvalue weighted by molar-refractivity contribution is -0.141. The lowest BCUT2D eigenvalue weighted by Gasteiger charge is -2.26. The van der Waals surface area contributed by atoms with Gasteiger partial charge in [-0.25, -0.2) is 4.98 Å². The van der Waals surface area contributed by atoms with Crippen LogP contribution in [0.2, 0.25) is 0 Å². The van der Waals surface area contributed by atoms with E-state index in [0.717, 1.165) is 22.9 Å². The summed E-state index contributed by atoms with van der Waals surface area (Å²) in [5.74, 6) is 0.625. The van der Waals surface area contributed by atoms with Gasteiger partial charge in [0.05, 0.1) is 11.4 Å². The summed E-state index contributed by atoms with van der Waals surface area (Å²) in [6.45, 7) is 7.42. The second-order valence-electron chi connectivity index (χ2n) is 9.62. The van der Waals surface area contributed by atoms with Gasteiger partial charge >= 0.3 is 6.18 Å². The first-order valence-corrected chi connectivity index (χ1v) is 11.2. The molecule has 0 unspecified atom stereocenters. The van der Waals surface area contributed by atoms with E-state index in [9.17, 15) is 13.2 Å². The molecule has 0 amide bonds. The Labute approximate surface area is 200 Å². The minimum atomic E-state index is -4.52. The monoisotopic (exact) mass is 479 g/mol. The van der Waals surface area contributed by atoms with E-state index >= 15 is 0 Å². The molecule has 5 rings (SSSR count). The second kappa shape index (κ2) is 8.41. The highest BCUT2D eigenvalue weighted by Crippen LogP contribution is 2.39. The van der Waals surface area contributed by atoms with E-state index < -0.39 is 11.9 Å². The van der Waals surface area contributed by atoms with E-state index in [1.54, 1.807) is 12.1 Å². The Kier molecular flexibility index (Phi) is 5.50. The summed E-state index contributed by atoms with van der Waals surface area (Å²) >= 11 is 0. The number of hydrogen-bond donors (Lipinski definition) is 1. The van der Waals surface area contributed by atoms with Crippen molar-refractivity contribution >= 4 is 17.2 Å². The first-order valence-electron chi connectivity index (χ1n) is 11.2. The predicted octanol–water partition coefficient (Wildman–Crippen LogP) is 6.71. The largest absolute Gasteiger partial charge is 0.433 e. The molecule has 35 heavy (non-hydrogen) atoms. The van der Waals surface area contributed by atoms with Crippen LogP contribution in [0.25, 0.3) is 11.4 Å². The van der Waals surface area contributed by atoms with Crippen LogP contribution in [-0.2, 0) is 24.7 Å². The van der Waals surface area contributed by atoms with Crippen LogP contribution in [0.1, 0.15) is 43.2 Å². The van der Waals surface area contributed by atoms with E-state index in [4.69, 9.17) is 4.52 Å². The van der Waals surface area contributed by atoms with Crippen LogP contribution in [0, 0.1) is 0 Å². The Balaban J connectivity index is 1.56. The summed E-state index contributed by atoms with van der Waals surface area (Å²) in [4.78, 5) is 10.1. The van der Waals surface area contributed by atoms with Crippen LogP contribution in [-0.4, -0.2) is 15.1 Å². The van der Waals surface area contributed by atoms with Crippen LogP contribution in [0.5, 0.6) is 0 Å². The topological polar surface area (TPSA) is 67.1 Å². The van der Waals surface area contributed by atoms with Crippen molar-refractivity contribution in [3.8, 4) is 11.4 Å². The first-order chi connectivity index (χ1) is 16.6. The van der Waals surface area contributed by atoms with Gasteiger partial charge in [-0.05, 0) is 40.8 Å². The number of pyridine rings is 1. The fourth-order valence-corrected chi connectivity index (χ4v) is 4.11. The number of nitrogens with zero attached hydrogens (tertiary/aromatic N) is 4. The molecule has 3 heterocycles. The average Bonchev–Trinajstić information content (AvgIpc) is 3.29. The van der Waals surface area contributed by atoms with Crippen LogP contribution < -0.4 is 10.2 Å². The molecule has 0 atom stereocenters. The summed E-state index contributed by atoms with van der Waals surface area (Å²) in [6.07, 6.45) is -3.27. The van der Waals surface area contributed by atoms with Crippen LogP contribution in [0.3, 0.4) is 0 Å². The first kappa shape index (κ1) is 22.9. The number of fused-ring (bicyclic) bond motifs is 2. The lowest BCUT2D eigenvalue weighted by atomic mass is 9.87. The van der Waals surface area contributed by atoms with E-state index in [1.807, 2.05) is 6.07 Å². The van der Waals surface area contributed by atoms with Gasteiger partial charge in [0.1, 0.15) is 11.5 Å². The second-order valence-corrected chi connectivity index (χ2v) is 9.62. The highest BCUT2D eigenvalue weighted by molar-refractivity contribution is 5.81. The summed E-state index contributed by atoms with van der Waals surface area (Å²) in [5, 5.41) is 7.03. The van der Waals surface area contributed by atoms with Crippen LogP contribution in [0.15, 0.2) is 65.5 Å². The van der Waals surface area contributed by atoms with Gasteiger partial charge in [-0.3, -0.25) is 0 Å². The van der Waals surface area contributed by atoms with Crippen molar-refractivity contribution in [2.45, 2.75) is 45.5 Å². The summed E-state index contributed by atoms with van der Waals surface area (Å²) in [5.41, 5.74) is 4.28. The predicted molar refractivity (Wildman–Crippen MR) is 127 cm³/mol. The quantitative estimate of drug-likeness (QED) is 0.352. The maximum Gasteiger partial charge on any atom is 0.433 e. The number of rotatable bonds is 3. The van der Waals surface area contributed by atoms with E-state index in [2.05, 4.69) is 70.4 Å². The molecule has 1 aliphatic rings. The normalized spacial score (nSPS) is 13.6. The third-order valence-electron chi connectivity index (χ3n) is 6.03. The zero-order chi connectivity index (χ0) is 24.8. The number of nitrogens with one attached hydrogen (secondary N) is 1. The van der Waals surface area contributed by atoms with Gasteiger partial charge in [0.15, 0.2) is 0 Å². The van der Waals surface area contributed by atoms with Gasteiger partial charge in [0.2, 0.25) is 12.2 Å². The Hall–Kier alpha value is -3.88. The summed E-state index contributed by atoms with van der Waals surface area (Å²) < 4.78 is 44.9. The van der Waals surface area contributed by atoms with Gasteiger partial charge < -0.3 is 14.7 Å². The Morgan fingerprint density at radius 2 is 1.77 bits per heavy atom. The Morgan fingerprint density at radius 3 is 2.43 bits per heavy atom. The maximum atomic E-state index is 13.3. The Morgan fingerprint density at radius 1 is 1.00 bits per heavy atom. The molecule has 4 aromatic rings. The Bertz CT molecular complexity index is 1340. The summed E-state index contributed by atoms with van der Waals surface area (Å²) in [7, 11) is 0. The summed E-state index contributed by atoms with van der Waals surface area (Å²) in [6, 6.07) is 16.4. The number of anilines is 3. The van der Waals surface area contributed by atoms with Crippen LogP contribution in [0.4, 0.5) is 30.4 Å². The minimum Gasteiger partial charge on any atom is -0.361 e. The van der Waals surface area contributed by atoms with Gasteiger partial charge in [-0.2, -0.15) is 18.2 Å². The van der Waals surface area contributed by atoms with Crippen molar-refractivity contribution in [1.29, 1.82) is 0 Å². The standard InChI is InChI=1S/C26H24F3N5O/c1-25(2,3)19-8-4-16(5-9-19)13-34-14-18-7-11-22(26(27,28)29)32-24(18)31-20-10-6-17(12-21(20)34)23-30-15-35-33-23/h4-12,15H,13-14H2,1-3H3,(H,31,32). The molecule has 0 spiro atoms. The lowest BCUT2D eigenvalue weighted by Crippen LogP contribution is -2.22. The highest BCUT2D eigenvalue weighted by atomic mass is 19.4. The molecule has 2 aromatic carbocycles. The molecular weight excluding hydrogens is 455 g/mol. The fraction of sp³-hybridized carbons (Fsp3) is 0.269. The molecule has 0 radical (unpaired) electrons. The zero-order valence-corrected chi connectivity index (χ0v) is 19.5. The van der Waals surface area contributed by atoms with E-state index in [1.165, 1.54) is 18.0 Å². The van der Waals surface area contributed by atoms with Gasteiger partial charge in [-0.1, -0.05) is 56.3 Å². The number of halogens is 3. The molecule has 180 valence electrons. The van der Waals surface area contributed by atoms with E-state index in [-0.39, 0.29) is 11.2 Å². The van der Waals surface area contributed by atoms with Crippen molar-refractivity contribution in [3.05, 3.63) is 83.4 Å². The van der Waals surface area contributed by atoms with Crippen molar-refractivity contribution in [3.63, 3.8) is 0 Å². The SMILES string of the molecule is CC(C)(C)c1ccc(CN2Cc3ccc(C(F)(F)F)nc3Nc3ccc(-c4ncon4)cc32)cc1. The van der Waals surface area contributed by atoms with Crippen molar-refractivity contribution < 1.29 is 17.7 Å². The van der Waals surface area contributed by atoms with Gasteiger partial charge in [0, 0.05) is 24.2 Å². The number of aromatic nitrogens is 3. The van der Waals surface area contributed by atoms with Gasteiger partial charge in [0.25, 0.3) is 0 Å². The molecule has 0 bridgehead atoms. The molecular formula is C26H24F3N5O. The molecule has 0 saturated carbocycles. The van der Waals surface area contributed by atoms with E-state index in [0.29, 0.717) is 30.2 Å². The highest BCUT2D eigenvalue weighted by Gasteiger charge is 2.34. The average molecular weight is 480 g/mol. The number of benzene rings is 2. The van der Waals surface area contributed by atoms with Gasteiger partial charge in [-0.15, -0.1) is 0 Å². The molecule has 0 aliphatic carbocycles. The molecule has 2 aromatic heterocycles. The maximum absolute atomic E-state index is 13.3. The molecule has 1 aliphatic heterocycles. The number of alkyl halides is 3. The van der Waals surface area contributed by atoms with Crippen molar-refractivity contribution in [1.82, 2.24) is 15.1 Å². The molecule has 0 fully saturated rings. The minimum absolute atomic E-state index is 0.0396.